The zero-order valence-corrected chi connectivity index (χ0v) is 27.1. The normalized spacial score (nSPS) is 15.3. The number of ether oxygens (including phenoxy) is 1. The summed E-state index contributed by atoms with van der Waals surface area (Å²) in [5, 5.41) is 0.944. The molecule has 1 atom stereocenters. The van der Waals surface area contributed by atoms with Crippen molar-refractivity contribution in [3.63, 3.8) is 0 Å². The molecule has 0 fully saturated rings. The summed E-state index contributed by atoms with van der Waals surface area (Å²) in [6.45, 7) is 3.52. The fraction of sp³-hybridized carbons (Fsp3) is 0.176. The molecule has 1 aromatic heterocycles. The Morgan fingerprint density at radius 3 is 2.18 bits per heavy atom. The maximum atomic E-state index is 13.8. The van der Waals surface area contributed by atoms with Crippen LogP contribution in [0, 0.1) is 0 Å². The zero-order valence-electron chi connectivity index (χ0n) is 24.7. The van der Waals surface area contributed by atoms with Gasteiger partial charge < -0.3 is 14.1 Å². The molecule has 8 nitrogen and oxygen atoms in total. The van der Waals surface area contributed by atoms with Crippen LogP contribution in [0.2, 0.25) is 10.0 Å². The van der Waals surface area contributed by atoms with Gasteiger partial charge in [0.2, 0.25) is 10.0 Å². The van der Waals surface area contributed by atoms with E-state index in [0.29, 0.717) is 21.5 Å². The Hall–Kier alpha value is -4.15. The maximum Gasteiger partial charge on any atom is 0.340 e. The molecule has 1 amide bonds. The highest BCUT2D eigenvalue weighted by atomic mass is 35.5. The summed E-state index contributed by atoms with van der Waals surface area (Å²) in [6, 6.07) is 25.2. The number of furan rings is 1. The van der Waals surface area contributed by atoms with E-state index in [-0.39, 0.29) is 46.8 Å². The van der Waals surface area contributed by atoms with E-state index in [1.807, 2.05) is 37.3 Å². The minimum absolute atomic E-state index is 0.0402. The van der Waals surface area contributed by atoms with Crippen LogP contribution in [0.5, 0.6) is 0 Å². The summed E-state index contributed by atoms with van der Waals surface area (Å²) in [7, 11) is -2.72. The maximum absolute atomic E-state index is 13.8. The van der Waals surface area contributed by atoms with Gasteiger partial charge in [-0.15, -0.1) is 0 Å². The van der Waals surface area contributed by atoms with Crippen LogP contribution in [0.15, 0.2) is 117 Å². The van der Waals surface area contributed by atoms with Gasteiger partial charge in [0.05, 0.1) is 35.7 Å². The van der Waals surface area contributed by atoms with Gasteiger partial charge in [-0.1, -0.05) is 65.7 Å². The lowest BCUT2D eigenvalue weighted by molar-refractivity contribution is -0.136. The summed E-state index contributed by atoms with van der Waals surface area (Å²) in [4.78, 5) is 28.2. The van der Waals surface area contributed by atoms with E-state index in [4.69, 9.17) is 32.4 Å². The Kier molecular flexibility index (Phi) is 9.65. The molecular weight excluding hydrogens is 635 g/mol. The van der Waals surface area contributed by atoms with Gasteiger partial charge in [0.15, 0.2) is 0 Å². The molecule has 0 saturated heterocycles. The fourth-order valence-electron chi connectivity index (χ4n) is 5.19. The van der Waals surface area contributed by atoms with Gasteiger partial charge in [0, 0.05) is 22.3 Å². The van der Waals surface area contributed by atoms with Gasteiger partial charge in [-0.25, -0.2) is 13.2 Å². The molecule has 0 aliphatic carbocycles. The third kappa shape index (κ3) is 6.92. The first-order valence-corrected chi connectivity index (χ1v) is 16.2. The number of methoxy groups -OCH3 is 1. The van der Waals surface area contributed by atoms with E-state index in [0.717, 1.165) is 11.1 Å². The molecule has 45 heavy (non-hydrogen) atoms. The first-order chi connectivity index (χ1) is 21.5. The molecule has 0 saturated carbocycles. The van der Waals surface area contributed by atoms with Crippen LogP contribution in [-0.4, -0.2) is 36.6 Å². The van der Waals surface area contributed by atoms with Gasteiger partial charge >= 0.3 is 5.97 Å². The predicted octanol–water partition coefficient (Wildman–Crippen LogP) is 7.41. The smallest absolute Gasteiger partial charge is 0.340 e. The number of hydrogen-bond donors (Lipinski definition) is 0. The van der Waals surface area contributed by atoms with E-state index in [1.54, 1.807) is 48.2 Å². The van der Waals surface area contributed by atoms with E-state index < -0.39 is 16.0 Å². The lowest BCUT2D eigenvalue weighted by atomic mass is 10.1. The largest absolute Gasteiger partial charge is 0.465 e. The molecule has 1 aliphatic rings. The predicted molar refractivity (Wildman–Crippen MR) is 172 cm³/mol. The molecule has 0 N–H and O–H groups in total. The minimum atomic E-state index is -3.98. The molecule has 3 aromatic carbocycles. The first-order valence-electron chi connectivity index (χ1n) is 14.0. The topological polar surface area (TPSA) is 97.1 Å². The number of rotatable bonds is 10. The first kappa shape index (κ1) is 32.2. The summed E-state index contributed by atoms with van der Waals surface area (Å²) in [5.74, 6) is -0.428. The summed E-state index contributed by atoms with van der Waals surface area (Å²) in [6.07, 6.45) is 1.48. The van der Waals surface area contributed by atoms with Gasteiger partial charge in [-0.2, -0.15) is 4.31 Å². The molecule has 0 spiro atoms. The second kappa shape index (κ2) is 13.5. The Morgan fingerprint density at radius 1 is 0.933 bits per heavy atom. The van der Waals surface area contributed by atoms with Crippen LogP contribution in [-0.2, 0) is 37.4 Å². The minimum Gasteiger partial charge on any atom is -0.465 e. The molecule has 0 bridgehead atoms. The Bertz CT molecular complexity index is 1880. The molecular formula is C34H30Cl2N2O6S. The third-order valence-corrected chi connectivity index (χ3v) is 9.84. The van der Waals surface area contributed by atoms with Crippen LogP contribution < -0.4 is 0 Å². The van der Waals surface area contributed by atoms with Crippen molar-refractivity contribution in [1.29, 1.82) is 0 Å². The second-order valence-corrected chi connectivity index (χ2v) is 13.2. The quantitative estimate of drug-likeness (QED) is 0.129. The lowest BCUT2D eigenvalue weighted by Gasteiger charge is -2.26. The van der Waals surface area contributed by atoms with E-state index in [1.165, 1.54) is 41.8 Å². The van der Waals surface area contributed by atoms with Crippen LogP contribution in [0.4, 0.5) is 0 Å². The van der Waals surface area contributed by atoms with Crippen molar-refractivity contribution in [3.8, 4) is 0 Å². The number of carbonyl (C=O) groups is 2. The van der Waals surface area contributed by atoms with Gasteiger partial charge in [0.1, 0.15) is 11.5 Å². The summed E-state index contributed by atoms with van der Waals surface area (Å²) >= 11 is 12.0. The van der Waals surface area contributed by atoms with Crippen molar-refractivity contribution in [2.75, 3.05) is 7.11 Å². The highest BCUT2D eigenvalue weighted by molar-refractivity contribution is 7.89. The van der Waals surface area contributed by atoms with Crippen molar-refractivity contribution >= 4 is 51.2 Å². The number of amides is 1. The molecule has 5 rings (SSSR count). The molecule has 4 aromatic rings. The van der Waals surface area contributed by atoms with E-state index in [9.17, 15) is 18.0 Å². The van der Waals surface area contributed by atoms with Crippen molar-refractivity contribution < 1.29 is 27.2 Å². The highest BCUT2D eigenvalue weighted by Gasteiger charge is 2.40. The van der Waals surface area contributed by atoms with Crippen molar-refractivity contribution in [3.05, 3.63) is 141 Å². The molecule has 2 heterocycles. The average molecular weight is 666 g/mol. The SMILES string of the molecule is COC(=O)C1=C(C)N([C@@H](C)c2ccccc2)C(=O)/C1=C/c1ccc(CN(Cc2ccc(Cl)cc2)S(=O)(=O)c2ccc(Cl)cc2)o1. The fourth-order valence-corrected chi connectivity index (χ4v) is 6.84. The molecule has 1 aliphatic heterocycles. The van der Waals surface area contributed by atoms with E-state index >= 15 is 0 Å². The molecule has 232 valence electrons. The number of benzene rings is 3. The summed E-state index contributed by atoms with van der Waals surface area (Å²) in [5.41, 5.74) is 2.34. The number of esters is 1. The van der Waals surface area contributed by atoms with Crippen LogP contribution >= 0.6 is 23.2 Å². The highest BCUT2D eigenvalue weighted by Crippen LogP contribution is 2.38. The number of carbonyl (C=O) groups excluding carboxylic acids is 2. The van der Waals surface area contributed by atoms with Crippen LogP contribution in [0.25, 0.3) is 6.08 Å². The van der Waals surface area contributed by atoms with Crippen molar-refractivity contribution in [1.82, 2.24) is 9.21 Å². The van der Waals surface area contributed by atoms with Crippen LogP contribution in [0.3, 0.4) is 0 Å². The molecule has 11 heteroatoms. The average Bonchev–Trinajstić information content (AvgIpc) is 3.58. The second-order valence-electron chi connectivity index (χ2n) is 10.4. The monoisotopic (exact) mass is 664 g/mol. The molecule has 0 unspecified atom stereocenters. The number of halogens is 2. The Morgan fingerprint density at radius 2 is 1.56 bits per heavy atom. The lowest BCUT2D eigenvalue weighted by Crippen LogP contribution is -2.30. The number of hydrogen-bond acceptors (Lipinski definition) is 6. The number of sulfonamides is 1. The number of allylic oxidation sites excluding steroid dienone is 1. The molecule has 0 radical (unpaired) electrons. The Balaban J connectivity index is 1.47. The van der Waals surface area contributed by atoms with E-state index in [2.05, 4.69) is 0 Å². The van der Waals surface area contributed by atoms with Crippen LogP contribution in [0.1, 0.15) is 42.5 Å². The van der Waals surface area contributed by atoms with Crippen molar-refractivity contribution in [2.24, 2.45) is 0 Å². The summed E-state index contributed by atoms with van der Waals surface area (Å²) < 4.78 is 39.8. The number of nitrogens with zero attached hydrogens (tertiary/aromatic N) is 2. The van der Waals surface area contributed by atoms with Gasteiger partial charge in [0.25, 0.3) is 5.91 Å². The van der Waals surface area contributed by atoms with Gasteiger partial charge in [-0.3, -0.25) is 4.79 Å². The van der Waals surface area contributed by atoms with Crippen molar-refractivity contribution in [2.45, 2.75) is 37.9 Å². The third-order valence-electron chi connectivity index (χ3n) is 7.53. The zero-order chi connectivity index (χ0) is 32.3. The van der Waals surface area contributed by atoms with Gasteiger partial charge in [-0.05, 0) is 79.6 Å². The Labute approximate surface area is 272 Å². The standard InChI is InChI=1S/C34H30Cl2N2O6S/c1-22(25-7-5-4-6-8-25)38-23(2)32(34(40)43-3)31(33(38)39)19-28-15-16-29(44-28)21-37(20-24-9-11-26(35)12-10-24)45(41,42)30-17-13-27(36)14-18-30/h4-19,22H,20-21H2,1-3H3/b31-19+/t22-/m0/s1.